The third-order valence-corrected chi connectivity index (χ3v) is 4.01. The largest absolute Gasteiger partial charge is 0.383 e. The van der Waals surface area contributed by atoms with Crippen molar-refractivity contribution < 1.29 is 4.74 Å². The number of halogens is 2. The highest BCUT2D eigenvalue weighted by Crippen LogP contribution is 2.33. The molecule has 1 rings (SSSR count). The van der Waals surface area contributed by atoms with Crippen molar-refractivity contribution in [2.45, 2.75) is 38.6 Å². The van der Waals surface area contributed by atoms with Gasteiger partial charge in [0.2, 0.25) is 0 Å². The Morgan fingerprint density at radius 3 is 2.47 bits per heavy atom. The fraction of sp³-hybridized carbons (Fsp3) is 0.600. The zero-order chi connectivity index (χ0) is 14.3. The fourth-order valence-corrected chi connectivity index (χ4v) is 2.90. The maximum absolute atomic E-state index is 6.40. The first kappa shape index (κ1) is 16.6. The molecule has 0 radical (unpaired) electrons. The molecule has 0 aliphatic rings. The molecule has 0 aliphatic carbocycles. The lowest BCUT2D eigenvalue weighted by Gasteiger charge is -2.34. The van der Waals surface area contributed by atoms with Crippen LogP contribution in [0.2, 0.25) is 5.02 Å². The molecule has 0 atom stereocenters. The number of alkyl halides is 1. The Kier molecular flexibility index (Phi) is 7.59. The molecule has 108 valence electrons. The van der Waals surface area contributed by atoms with Gasteiger partial charge in [0.05, 0.1) is 17.3 Å². The van der Waals surface area contributed by atoms with E-state index in [0.717, 1.165) is 35.7 Å². The van der Waals surface area contributed by atoms with E-state index < -0.39 is 0 Å². The van der Waals surface area contributed by atoms with E-state index in [0.29, 0.717) is 18.5 Å². The summed E-state index contributed by atoms with van der Waals surface area (Å²) in [5.41, 5.74) is 2.14. The van der Waals surface area contributed by atoms with Gasteiger partial charge in [-0.15, -0.1) is 11.6 Å². The molecule has 1 aromatic carbocycles. The third-order valence-electron chi connectivity index (χ3n) is 3.42. The van der Waals surface area contributed by atoms with Gasteiger partial charge in [0.25, 0.3) is 0 Å². The summed E-state index contributed by atoms with van der Waals surface area (Å²) in [5.74, 6) is 0.472. The summed E-state index contributed by atoms with van der Waals surface area (Å²) in [7, 11) is 1.72. The third kappa shape index (κ3) is 4.27. The molecule has 0 saturated carbocycles. The molecule has 0 saturated heterocycles. The highest BCUT2D eigenvalue weighted by atomic mass is 35.5. The van der Waals surface area contributed by atoms with E-state index in [1.165, 1.54) is 0 Å². The van der Waals surface area contributed by atoms with E-state index in [1.807, 2.05) is 18.2 Å². The lowest BCUT2D eigenvalue weighted by molar-refractivity contribution is 0.202. The minimum absolute atomic E-state index is 0.456. The van der Waals surface area contributed by atoms with Crippen molar-refractivity contribution in [2.75, 3.05) is 25.2 Å². The van der Waals surface area contributed by atoms with Crippen molar-refractivity contribution in [3.05, 3.63) is 28.8 Å². The van der Waals surface area contributed by atoms with Crippen LogP contribution in [0.5, 0.6) is 0 Å². The topological polar surface area (TPSA) is 12.5 Å². The number of anilines is 1. The first-order valence-corrected chi connectivity index (χ1v) is 7.69. The van der Waals surface area contributed by atoms with E-state index in [1.54, 1.807) is 7.11 Å². The van der Waals surface area contributed by atoms with Crippen molar-refractivity contribution in [1.82, 2.24) is 0 Å². The van der Waals surface area contributed by atoms with Crippen LogP contribution in [0.15, 0.2) is 18.2 Å². The Labute approximate surface area is 126 Å². The van der Waals surface area contributed by atoms with Crippen LogP contribution in [0.1, 0.15) is 32.3 Å². The van der Waals surface area contributed by atoms with Gasteiger partial charge in [-0.05, 0) is 24.5 Å². The van der Waals surface area contributed by atoms with E-state index >= 15 is 0 Å². The van der Waals surface area contributed by atoms with Gasteiger partial charge in [-0.2, -0.15) is 0 Å². The standard InChI is InChI=1S/C15H23Cl2NO/c1-4-13(5-2)18(9-10-19-3)15-12(11-16)7-6-8-14(15)17/h6-8,13H,4-5,9-11H2,1-3H3. The van der Waals surface area contributed by atoms with E-state index in [4.69, 9.17) is 27.9 Å². The van der Waals surface area contributed by atoms with Crippen LogP contribution in [0.3, 0.4) is 0 Å². The molecule has 4 heteroatoms. The highest BCUT2D eigenvalue weighted by Gasteiger charge is 2.20. The number of hydrogen-bond acceptors (Lipinski definition) is 2. The summed E-state index contributed by atoms with van der Waals surface area (Å²) in [6, 6.07) is 6.37. The summed E-state index contributed by atoms with van der Waals surface area (Å²) >= 11 is 12.5. The smallest absolute Gasteiger partial charge is 0.0642 e. The summed E-state index contributed by atoms with van der Waals surface area (Å²) in [4.78, 5) is 2.34. The molecule has 0 bridgehead atoms. The second-order valence-corrected chi connectivity index (χ2v) is 5.21. The van der Waals surface area contributed by atoms with E-state index in [2.05, 4.69) is 18.7 Å². The summed E-state index contributed by atoms with van der Waals surface area (Å²) in [6.07, 6.45) is 2.15. The van der Waals surface area contributed by atoms with Crippen molar-refractivity contribution in [2.24, 2.45) is 0 Å². The zero-order valence-corrected chi connectivity index (χ0v) is 13.5. The number of ether oxygens (including phenoxy) is 1. The van der Waals surface area contributed by atoms with Gasteiger partial charge in [0, 0.05) is 25.6 Å². The number of para-hydroxylation sites is 1. The molecule has 0 N–H and O–H groups in total. The Morgan fingerprint density at radius 1 is 1.26 bits per heavy atom. The average molecular weight is 304 g/mol. The molecule has 0 amide bonds. The first-order valence-electron chi connectivity index (χ1n) is 6.78. The minimum Gasteiger partial charge on any atom is -0.383 e. The highest BCUT2D eigenvalue weighted by molar-refractivity contribution is 6.33. The second-order valence-electron chi connectivity index (χ2n) is 4.54. The SMILES string of the molecule is CCC(CC)N(CCOC)c1c(Cl)cccc1CCl. The van der Waals surface area contributed by atoms with Crippen molar-refractivity contribution in [1.29, 1.82) is 0 Å². The number of nitrogens with zero attached hydrogens (tertiary/aromatic N) is 1. The minimum atomic E-state index is 0.456. The van der Waals surface area contributed by atoms with Crippen molar-refractivity contribution in [3.8, 4) is 0 Å². The van der Waals surface area contributed by atoms with Crippen LogP contribution < -0.4 is 4.90 Å². The fourth-order valence-electron chi connectivity index (χ4n) is 2.39. The molecule has 1 aromatic rings. The maximum Gasteiger partial charge on any atom is 0.0642 e. The van der Waals surface area contributed by atoms with E-state index in [9.17, 15) is 0 Å². The molecular weight excluding hydrogens is 281 g/mol. The summed E-state index contributed by atoms with van der Waals surface area (Å²) in [5, 5.41) is 0.765. The van der Waals surface area contributed by atoms with Gasteiger partial charge in [0.15, 0.2) is 0 Å². The molecule has 2 nitrogen and oxygen atoms in total. The Morgan fingerprint density at radius 2 is 1.95 bits per heavy atom. The number of benzene rings is 1. The average Bonchev–Trinajstić information content (AvgIpc) is 2.43. The van der Waals surface area contributed by atoms with Crippen LogP contribution in [-0.4, -0.2) is 26.3 Å². The van der Waals surface area contributed by atoms with Gasteiger partial charge in [0.1, 0.15) is 0 Å². The normalized spacial score (nSPS) is 11.1. The number of methoxy groups -OCH3 is 1. The number of hydrogen-bond donors (Lipinski definition) is 0. The predicted molar refractivity (Wildman–Crippen MR) is 84.6 cm³/mol. The van der Waals surface area contributed by atoms with Crippen LogP contribution in [0.25, 0.3) is 0 Å². The van der Waals surface area contributed by atoms with E-state index in [-0.39, 0.29) is 0 Å². The van der Waals surface area contributed by atoms with Crippen LogP contribution in [-0.2, 0) is 10.6 Å². The van der Waals surface area contributed by atoms with Crippen LogP contribution in [0, 0.1) is 0 Å². The van der Waals surface area contributed by atoms with Gasteiger partial charge >= 0.3 is 0 Å². The first-order chi connectivity index (χ1) is 9.19. The molecular formula is C15H23Cl2NO. The molecule has 0 unspecified atom stereocenters. The maximum atomic E-state index is 6.40. The lowest BCUT2D eigenvalue weighted by atomic mass is 10.1. The Bertz CT molecular complexity index is 380. The predicted octanol–water partition coefficient (Wildman–Crippen LogP) is 4.72. The van der Waals surface area contributed by atoms with Crippen molar-refractivity contribution in [3.63, 3.8) is 0 Å². The molecule has 0 heterocycles. The van der Waals surface area contributed by atoms with Crippen LogP contribution in [0.4, 0.5) is 5.69 Å². The summed E-state index contributed by atoms with van der Waals surface area (Å²) < 4.78 is 5.23. The van der Waals surface area contributed by atoms with Gasteiger partial charge in [-0.25, -0.2) is 0 Å². The van der Waals surface area contributed by atoms with Gasteiger partial charge in [-0.1, -0.05) is 37.6 Å². The van der Waals surface area contributed by atoms with Crippen molar-refractivity contribution >= 4 is 28.9 Å². The molecule has 0 aromatic heterocycles. The van der Waals surface area contributed by atoms with Gasteiger partial charge in [-0.3, -0.25) is 0 Å². The molecule has 19 heavy (non-hydrogen) atoms. The second kappa shape index (κ2) is 8.68. The molecule has 0 fully saturated rings. The van der Waals surface area contributed by atoms with Crippen LogP contribution >= 0.6 is 23.2 Å². The quantitative estimate of drug-likeness (QED) is 0.644. The van der Waals surface area contributed by atoms with Gasteiger partial charge < -0.3 is 9.64 Å². The molecule has 0 aliphatic heterocycles. The monoisotopic (exact) mass is 303 g/mol. The molecule has 0 spiro atoms. The zero-order valence-electron chi connectivity index (χ0n) is 12.0. The lowest BCUT2D eigenvalue weighted by Crippen LogP contribution is -2.37. The summed E-state index contributed by atoms with van der Waals surface area (Å²) in [6.45, 7) is 5.91. The Balaban J connectivity index is 3.15. The Hall–Kier alpha value is -0.440. The number of rotatable bonds is 8.